The van der Waals surface area contributed by atoms with Crippen LogP contribution in [0.1, 0.15) is 51.4 Å². The molecule has 1 N–H and O–H groups in total. The maximum atomic E-state index is 13.2. The highest BCUT2D eigenvalue weighted by atomic mass is 32.2. The summed E-state index contributed by atoms with van der Waals surface area (Å²) < 4.78 is 28.5. The van der Waals surface area contributed by atoms with Gasteiger partial charge in [0.15, 0.2) is 11.6 Å². The number of carbonyl (C=O) groups excluding carboxylic acids is 2. The highest BCUT2D eigenvalue weighted by Gasteiger charge is 2.35. The lowest BCUT2D eigenvalue weighted by molar-refractivity contribution is 0.101. The molecular formula is C27H22N4O4S. The van der Waals surface area contributed by atoms with Crippen LogP contribution in [-0.2, 0) is 22.8 Å². The first-order valence-corrected chi connectivity index (χ1v) is 13.3. The summed E-state index contributed by atoms with van der Waals surface area (Å²) in [5.74, 6) is 0.891. The predicted molar refractivity (Wildman–Crippen MR) is 133 cm³/mol. The molecule has 0 fully saturated rings. The van der Waals surface area contributed by atoms with Crippen LogP contribution in [-0.4, -0.2) is 34.9 Å². The molecule has 0 unspecified atom stereocenters. The number of carbonyl (C=O) groups is 2. The maximum Gasteiger partial charge on any atom is 0.255 e. The molecule has 2 aliphatic heterocycles. The van der Waals surface area contributed by atoms with Crippen LogP contribution in [0.2, 0.25) is 0 Å². The Morgan fingerprint density at radius 1 is 0.861 bits per heavy atom. The number of rotatable bonds is 3. The molecule has 3 aromatic carbocycles. The van der Waals surface area contributed by atoms with E-state index in [2.05, 4.69) is 20.1 Å². The molecule has 0 saturated carbocycles. The monoisotopic (exact) mass is 498 g/mol. The summed E-state index contributed by atoms with van der Waals surface area (Å²) in [6.45, 7) is 0.861. The molecule has 180 valence electrons. The Hall–Kier alpha value is -4.11. The SMILES string of the molecule is O=C(Nc1cccc(-c2nnc3n2CCCCC3)c1)c1ccc2c(c1)S(=O)(=O)c1ccccc1C2=O. The molecule has 2 aliphatic rings. The molecule has 0 aliphatic carbocycles. The molecular weight excluding hydrogens is 476 g/mol. The molecule has 0 spiro atoms. The van der Waals surface area contributed by atoms with Crippen LogP contribution in [0.25, 0.3) is 11.4 Å². The van der Waals surface area contributed by atoms with E-state index in [1.807, 2.05) is 18.2 Å². The summed E-state index contributed by atoms with van der Waals surface area (Å²) >= 11 is 0. The van der Waals surface area contributed by atoms with Gasteiger partial charge in [0.2, 0.25) is 9.84 Å². The Morgan fingerprint density at radius 2 is 1.69 bits per heavy atom. The van der Waals surface area contributed by atoms with Crippen molar-refractivity contribution in [3.63, 3.8) is 0 Å². The van der Waals surface area contributed by atoms with Gasteiger partial charge in [-0.3, -0.25) is 9.59 Å². The van der Waals surface area contributed by atoms with E-state index >= 15 is 0 Å². The van der Waals surface area contributed by atoms with Crippen molar-refractivity contribution in [2.45, 2.75) is 42.0 Å². The third-order valence-corrected chi connectivity index (χ3v) is 8.54. The summed E-state index contributed by atoms with van der Waals surface area (Å²) in [6.07, 6.45) is 4.23. The van der Waals surface area contributed by atoms with Gasteiger partial charge < -0.3 is 9.88 Å². The molecule has 0 bridgehead atoms. The maximum absolute atomic E-state index is 13.2. The molecule has 1 aromatic heterocycles. The first-order chi connectivity index (χ1) is 17.4. The molecule has 3 heterocycles. The van der Waals surface area contributed by atoms with Gasteiger partial charge in [0, 0.05) is 40.9 Å². The number of aryl methyl sites for hydroxylation is 1. The number of hydrogen-bond acceptors (Lipinski definition) is 6. The van der Waals surface area contributed by atoms with Crippen LogP contribution >= 0.6 is 0 Å². The Morgan fingerprint density at radius 3 is 2.58 bits per heavy atom. The van der Waals surface area contributed by atoms with Gasteiger partial charge in [0.05, 0.1) is 9.79 Å². The van der Waals surface area contributed by atoms with Gasteiger partial charge >= 0.3 is 0 Å². The number of ketones is 1. The highest BCUT2D eigenvalue weighted by Crippen LogP contribution is 2.35. The van der Waals surface area contributed by atoms with Crippen molar-refractivity contribution < 1.29 is 18.0 Å². The first kappa shape index (κ1) is 22.4. The summed E-state index contributed by atoms with van der Waals surface area (Å²) in [6, 6.07) is 17.6. The number of sulfone groups is 1. The number of fused-ring (bicyclic) bond motifs is 3. The summed E-state index contributed by atoms with van der Waals surface area (Å²) in [5.41, 5.74) is 1.74. The number of amides is 1. The molecule has 0 atom stereocenters. The molecule has 9 heteroatoms. The van der Waals surface area contributed by atoms with Crippen LogP contribution < -0.4 is 5.32 Å². The fourth-order valence-corrected chi connectivity index (χ4v) is 6.54. The quantitative estimate of drug-likeness (QED) is 0.397. The molecule has 36 heavy (non-hydrogen) atoms. The second-order valence-electron chi connectivity index (χ2n) is 8.98. The van der Waals surface area contributed by atoms with E-state index in [-0.39, 0.29) is 32.3 Å². The lowest BCUT2D eigenvalue weighted by Gasteiger charge is -2.19. The van der Waals surface area contributed by atoms with Crippen molar-refractivity contribution in [3.05, 3.63) is 89.2 Å². The van der Waals surface area contributed by atoms with Crippen molar-refractivity contribution in [2.24, 2.45) is 0 Å². The lowest BCUT2D eigenvalue weighted by Crippen LogP contribution is -2.21. The third kappa shape index (κ3) is 3.63. The van der Waals surface area contributed by atoms with E-state index in [4.69, 9.17) is 0 Å². The highest BCUT2D eigenvalue weighted by molar-refractivity contribution is 7.91. The molecule has 0 radical (unpaired) electrons. The van der Waals surface area contributed by atoms with E-state index < -0.39 is 15.7 Å². The number of aromatic nitrogens is 3. The topological polar surface area (TPSA) is 111 Å². The Kier molecular flexibility index (Phi) is 5.30. The zero-order chi connectivity index (χ0) is 24.9. The van der Waals surface area contributed by atoms with Gasteiger partial charge in [0.25, 0.3) is 5.91 Å². The van der Waals surface area contributed by atoms with Gasteiger partial charge in [-0.05, 0) is 55.3 Å². The van der Waals surface area contributed by atoms with E-state index in [0.717, 1.165) is 49.4 Å². The smallest absolute Gasteiger partial charge is 0.255 e. The van der Waals surface area contributed by atoms with E-state index in [1.54, 1.807) is 18.2 Å². The van der Waals surface area contributed by atoms with Crippen molar-refractivity contribution in [2.75, 3.05) is 5.32 Å². The fraction of sp³-hybridized carbons (Fsp3) is 0.185. The molecule has 8 nitrogen and oxygen atoms in total. The minimum atomic E-state index is -3.93. The fourth-order valence-electron chi connectivity index (χ4n) is 4.86. The number of benzene rings is 3. The van der Waals surface area contributed by atoms with E-state index in [1.165, 1.54) is 30.3 Å². The van der Waals surface area contributed by atoms with Crippen LogP contribution in [0.4, 0.5) is 5.69 Å². The van der Waals surface area contributed by atoms with E-state index in [0.29, 0.717) is 5.69 Å². The number of anilines is 1. The van der Waals surface area contributed by atoms with Crippen LogP contribution in [0, 0.1) is 0 Å². The Balaban J connectivity index is 1.30. The van der Waals surface area contributed by atoms with Gasteiger partial charge in [0.1, 0.15) is 5.82 Å². The average Bonchev–Trinajstić information content (AvgIpc) is 3.15. The normalized spacial score (nSPS) is 15.8. The van der Waals surface area contributed by atoms with Gasteiger partial charge in [-0.1, -0.05) is 30.7 Å². The van der Waals surface area contributed by atoms with Crippen molar-refractivity contribution in [1.29, 1.82) is 0 Å². The lowest BCUT2D eigenvalue weighted by atomic mass is 10.0. The third-order valence-electron chi connectivity index (χ3n) is 6.69. The summed E-state index contributed by atoms with van der Waals surface area (Å²) in [5, 5.41) is 11.6. The second-order valence-corrected chi connectivity index (χ2v) is 10.9. The second kappa shape index (κ2) is 8.53. The summed E-state index contributed by atoms with van der Waals surface area (Å²) in [4.78, 5) is 25.8. The average molecular weight is 499 g/mol. The van der Waals surface area contributed by atoms with Gasteiger partial charge in [-0.15, -0.1) is 10.2 Å². The Bertz CT molecular complexity index is 1660. The van der Waals surface area contributed by atoms with Crippen LogP contribution in [0.3, 0.4) is 0 Å². The Labute approximate surface area is 207 Å². The largest absolute Gasteiger partial charge is 0.322 e. The van der Waals surface area contributed by atoms with Crippen LogP contribution in [0.5, 0.6) is 0 Å². The van der Waals surface area contributed by atoms with Crippen molar-refractivity contribution >= 4 is 27.2 Å². The summed E-state index contributed by atoms with van der Waals surface area (Å²) in [7, 11) is -3.93. The van der Waals surface area contributed by atoms with Gasteiger partial charge in [-0.2, -0.15) is 0 Å². The molecule has 0 saturated heterocycles. The molecule has 4 aromatic rings. The standard InChI is InChI=1S/C27H22N4O4S/c32-25-20-9-3-4-10-22(20)36(34,35)23-16-18(12-13-21(23)25)27(33)28-19-8-6-7-17(15-19)26-30-29-24-11-2-1-5-14-31(24)26/h3-4,6-10,12-13,15-16H,1-2,5,11,14H2,(H,28,33). The number of hydrogen-bond donors (Lipinski definition) is 1. The minimum absolute atomic E-state index is 0.0415. The van der Waals surface area contributed by atoms with Gasteiger partial charge in [-0.25, -0.2) is 8.42 Å². The number of nitrogens with zero attached hydrogens (tertiary/aromatic N) is 3. The molecule has 6 rings (SSSR count). The van der Waals surface area contributed by atoms with Crippen LogP contribution in [0.15, 0.2) is 76.5 Å². The zero-order valence-corrected chi connectivity index (χ0v) is 20.1. The van der Waals surface area contributed by atoms with E-state index in [9.17, 15) is 18.0 Å². The number of nitrogens with one attached hydrogen (secondary N) is 1. The van der Waals surface area contributed by atoms with Crippen molar-refractivity contribution in [1.82, 2.24) is 14.8 Å². The first-order valence-electron chi connectivity index (χ1n) is 11.8. The molecule has 1 amide bonds. The minimum Gasteiger partial charge on any atom is -0.322 e. The zero-order valence-electron chi connectivity index (χ0n) is 19.3. The predicted octanol–water partition coefficient (Wildman–Crippen LogP) is 4.30. The van der Waals surface area contributed by atoms with Crippen molar-refractivity contribution in [3.8, 4) is 11.4 Å².